The van der Waals surface area contributed by atoms with Gasteiger partial charge in [0.1, 0.15) is 24.0 Å². The van der Waals surface area contributed by atoms with Gasteiger partial charge in [0.25, 0.3) is 0 Å². The highest BCUT2D eigenvalue weighted by atomic mass is 19.1. The number of halogens is 1. The summed E-state index contributed by atoms with van der Waals surface area (Å²) in [6.45, 7) is 8.63. The molecule has 0 aliphatic carbocycles. The fraction of sp³-hybridized carbons (Fsp3) is 0.300. The van der Waals surface area contributed by atoms with Crippen molar-refractivity contribution in [1.82, 2.24) is 19.9 Å². The Kier molecular flexibility index (Phi) is 4.43. The molecule has 2 bridgehead atoms. The van der Waals surface area contributed by atoms with Crippen molar-refractivity contribution < 1.29 is 9.13 Å². The van der Waals surface area contributed by atoms with Crippen LogP contribution in [0.3, 0.4) is 0 Å². The fourth-order valence-electron chi connectivity index (χ4n) is 3.23. The van der Waals surface area contributed by atoms with E-state index >= 15 is 0 Å². The van der Waals surface area contributed by atoms with Crippen molar-refractivity contribution >= 4 is 17.2 Å². The molecule has 0 amide bonds. The van der Waals surface area contributed by atoms with E-state index in [4.69, 9.17) is 4.74 Å². The second-order valence-corrected chi connectivity index (χ2v) is 6.73. The van der Waals surface area contributed by atoms with Crippen molar-refractivity contribution in [3.63, 3.8) is 0 Å². The van der Waals surface area contributed by atoms with Crippen LogP contribution >= 0.6 is 0 Å². The van der Waals surface area contributed by atoms with E-state index in [1.165, 1.54) is 12.1 Å². The second kappa shape index (κ2) is 6.90. The Morgan fingerprint density at radius 1 is 1.33 bits per heavy atom. The van der Waals surface area contributed by atoms with Gasteiger partial charge in [-0.25, -0.2) is 13.9 Å². The summed E-state index contributed by atoms with van der Waals surface area (Å²) < 4.78 is 21.6. The Labute approximate surface area is 157 Å². The highest BCUT2D eigenvalue weighted by Gasteiger charge is 2.19. The third-order valence-electron chi connectivity index (χ3n) is 4.81. The van der Waals surface area contributed by atoms with E-state index in [1.54, 1.807) is 16.8 Å². The number of anilines is 1. The quantitative estimate of drug-likeness (QED) is 0.685. The van der Waals surface area contributed by atoms with Gasteiger partial charge in [-0.3, -0.25) is 0 Å². The minimum Gasteiger partial charge on any atom is -0.491 e. The van der Waals surface area contributed by atoms with Gasteiger partial charge < -0.3 is 15.4 Å². The van der Waals surface area contributed by atoms with Gasteiger partial charge in [0, 0.05) is 17.5 Å². The Hall–Kier alpha value is -3.09. The first-order valence-electron chi connectivity index (χ1n) is 9.04. The van der Waals surface area contributed by atoms with Crippen LogP contribution in [0.5, 0.6) is 5.75 Å². The molecule has 1 aliphatic heterocycles. The number of hydrogen-bond acceptors (Lipinski definition) is 5. The summed E-state index contributed by atoms with van der Waals surface area (Å²) >= 11 is 0. The van der Waals surface area contributed by atoms with Gasteiger partial charge in [0.05, 0.1) is 23.8 Å². The number of rotatable bonds is 1. The second-order valence-electron chi connectivity index (χ2n) is 6.73. The first-order valence-corrected chi connectivity index (χ1v) is 9.04. The normalized spacial score (nSPS) is 19.9. The Morgan fingerprint density at radius 3 is 3.00 bits per heavy atom. The molecule has 1 aliphatic rings. The smallest absolute Gasteiger partial charge is 0.166 e. The minimum absolute atomic E-state index is 0.0533. The number of hydrogen-bond donors (Lipinski definition) is 2. The Morgan fingerprint density at radius 2 is 2.19 bits per heavy atom. The molecular formula is C20H22FN5O. The van der Waals surface area contributed by atoms with Crippen molar-refractivity contribution in [3.8, 4) is 5.75 Å². The summed E-state index contributed by atoms with van der Waals surface area (Å²) in [6, 6.07) is 6.30. The molecular weight excluding hydrogens is 345 g/mol. The standard InChI is InChI=1S/C20H22FN5O/c1-4-15-11-27-18-6-5-14(21)9-16(18)12(2)24-19-7-8-26-20(25-19)17(10-22-26)13(3)23-15/h5-10,12,15,23H,3-4,11H2,1-2H3,(H,24,25)/t12-,15-/m1/s1. The molecule has 140 valence electrons. The van der Waals surface area contributed by atoms with Crippen LogP contribution in [-0.4, -0.2) is 27.2 Å². The molecule has 0 radical (unpaired) electrons. The lowest BCUT2D eigenvalue weighted by atomic mass is 10.1. The zero-order valence-corrected chi connectivity index (χ0v) is 15.4. The van der Waals surface area contributed by atoms with Crippen molar-refractivity contribution in [3.05, 3.63) is 60.2 Å². The topological polar surface area (TPSA) is 63.5 Å². The number of nitrogens with zero attached hydrogens (tertiary/aromatic N) is 3. The Balaban J connectivity index is 1.82. The van der Waals surface area contributed by atoms with Gasteiger partial charge in [-0.1, -0.05) is 13.5 Å². The summed E-state index contributed by atoms with van der Waals surface area (Å²) in [4.78, 5) is 4.68. The molecule has 6 nitrogen and oxygen atoms in total. The molecule has 2 atom stereocenters. The summed E-state index contributed by atoms with van der Waals surface area (Å²) in [6.07, 6.45) is 4.44. The molecule has 7 heteroatoms. The highest BCUT2D eigenvalue weighted by Crippen LogP contribution is 2.29. The molecule has 0 saturated heterocycles. The maximum absolute atomic E-state index is 13.9. The monoisotopic (exact) mass is 367 g/mol. The number of ether oxygens (including phenoxy) is 1. The van der Waals surface area contributed by atoms with E-state index in [9.17, 15) is 4.39 Å². The minimum atomic E-state index is -0.296. The number of aromatic nitrogens is 3. The van der Waals surface area contributed by atoms with Gasteiger partial charge in [-0.2, -0.15) is 5.10 Å². The third kappa shape index (κ3) is 3.32. The van der Waals surface area contributed by atoms with E-state index < -0.39 is 0 Å². The van der Waals surface area contributed by atoms with Crippen LogP contribution < -0.4 is 15.4 Å². The van der Waals surface area contributed by atoms with Crippen LogP contribution in [0.2, 0.25) is 0 Å². The summed E-state index contributed by atoms with van der Waals surface area (Å²) in [5, 5.41) is 11.1. The van der Waals surface area contributed by atoms with Crippen LogP contribution in [0.1, 0.15) is 37.4 Å². The van der Waals surface area contributed by atoms with Crippen LogP contribution in [0.25, 0.3) is 11.3 Å². The first-order chi connectivity index (χ1) is 13.0. The van der Waals surface area contributed by atoms with Gasteiger partial charge in [0.2, 0.25) is 0 Å². The van der Waals surface area contributed by atoms with Crippen molar-refractivity contribution in [2.75, 3.05) is 11.9 Å². The third-order valence-corrected chi connectivity index (χ3v) is 4.81. The molecule has 2 N–H and O–H groups in total. The van der Waals surface area contributed by atoms with E-state index in [0.29, 0.717) is 23.8 Å². The molecule has 0 fully saturated rings. The molecule has 4 rings (SSSR count). The average molecular weight is 367 g/mol. The van der Waals surface area contributed by atoms with Crippen LogP contribution in [-0.2, 0) is 0 Å². The molecule has 0 saturated carbocycles. The Bertz CT molecular complexity index is 999. The lowest BCUT2D eigenvalue weighted by molar-refractivity contribution is 0.269. The molecule has 0 unspecified atom stereocenters. The maximum Gasteiger partial charge on any atom is 0.166 e. The van der Waals surface area contributed by atoms with E-state index in [0.717, 1.165) is 23.2 Å². The molecule has 1 aromatic carbocycles. The van der Waals surface area contributed by atoms with Crippen LogP contribution in [0, 0.1) is 5.82 Å². The van der Waals surface area contributed by atoms with Crippen molar-refractivity contribution in [2.24, 2.45) is 0 Å². The van der Waals surface area contributed by atoms with Gasteiger partial charge in [-0.15, -0.1) is 0 Å². The van der Waals surface area contributed by atoms with Crippen molar-refractivity contribution in [1.29, 1.82) is 0 Å². The predicted octanol–water partition coefficient (Wildman–Crippen LogP) is 3.77. The van der Waals surface area contributed by atoms with E-state index in [1.807, 2.05) is 19.2 Å². The molecule has 0 spiro atoms. The van der Waals surface area contributed by atoms with E-state index in [2.05, 4.69) is 34.2 Å². The van der Waals surface area contributed by atoms with Crippen LogP contribution in [0.4, 0.5) is 10.2 Å². The molecule has 3 aromatic rings. The largest absolute Gasteiger partial charge is 0.491 e. The summed E-state index contributed by atoms with van der Waals surface area (Å²) in [5.74, 6) is 1.03. The lowest BCUT2D eigenvalue weighted by Crippen LogP contribution is -2.32. The van der Waals surface area contributed by atoms with Crippen LogP contribution in [0.15, 0.2) is 43.2 Å². The zero-order valence-electron chi connectivity index (χ0n) is 15.4. The fourth-order valence-corrected chi connectivity index (χ4v) is 3.23. The molecule has 27 heavy (non-hydrogen) atoms. The summed E-state index contributed by atoms with van der Waals surface area (Å²) in [7, 11) is 0. The van der Waals surface area contributed by atoms with Crippen molar-refractivity contribution in [2.45, 2.75) is 32.4 Å². The zero-order chi connectivity index (χ0) is 19.0. The first kappa shape index (κ1) is 17.3. The highest BCUT2D eigenvalue weighted by molar-refractivity contribution is 5.74. The number of fused-ring (bicyclic) bond motifs is 2. The van der Waals surface area contributed by atoms with Gasteiger partial charge >= 0.3 is 0 Å². The average Bonchev–Trinajstić information content (AvgIpc) is 3.08. The number of benzene rings is 1. The van der Waals surface area contributed by atoms with Gasteiger partial charge in [0.15, 0.2) is 5.65 Å². The molecule has 3 heterocycles. The van der Waals surface area contributed by atoms with Gasteiger partial charge in [-0.05, 0) is 37.6 Å². The van der Waals surface area contributed by atoms with E-state index in [-0.39, 0.29) is 17.9 Å². The SMILES string of the molecule is C=C1N[C@H](CC)COc2ccc(F)cc2[C@@H](C)Nc2ccn3ncc1c3n2. The number of nitrogens with one attached hydrogen (secondary N) is 2. The summed E-state index contributed by atoms with van der Waals surface area (Å²) in [5.41, 5.74) is 3.04. The predicted molar refractivity (Wildman–Crippen MR) is 103 cm³/mol. The molecule has 2 aromatic heterocycles. The maximum atomic E-state index is 13.9. The lowest BCUT2D eigenvalue weighted by Gasteiger charge is -2.22.